The molecule has 0 saturated carbocycles. The summed E-state index contributed by atoms with van der Waals surface area (Å²) in [6, 6.07) is 15.2. The summed E-state index contributed by atoms with van der Waals surface area (Å²) in [6.45, 7) is 8.39. The van der Waals surface area contributed by atoms with Crippen molar-refractivity contribution in [2.75, 3.05) is 12.3 Å². The zero-order valence-electron chi connectivity index (χ0n) is 15.7. The van der Waals surface area contributed by atoms with Gasteiger partial charge in [0.2, 0.25) is 5.91 Å². The number of rotatable bonds is 7. The Morgan fingerprint density at radius 3 is 2.48 bits per heavy atom. The SMILES string of the molecule is C=C1c2ccccc2C(=O)N1C(C)C(=O)NCCSCc1ccc(C)cc1. The van der Waals surface area contributed by atoms with Gasteiger partial charge in [-0.3, -0.25) is 14.5 Å². The number of nitrogens with one attached hydrogen (secondary N) is 1. The van der Waals surface area contributed by atoms with Crippen LogP contribution in [0.1, 0.15) is 34.0 Å². The lowest BCUT2D eigenvalue weighted by molar-refractivity contribution is -0.124. The van der Waals surface area contributed by atoms with Gasteiger partial charge in [0.05, 0.1) is 0 Å². The Morgan fingerprint density at radius 2 is 1.81 bits per heavy atom. The zero-order chi connectivity index (χ0) is 19.4. The third kappa shape index (κ3) is 4.25. The van der Waals surface area contributed by atoms with Gasteiger partial charge in [0.1, 0.15) is 6.04 Å². The number of carbonyl (C=O) groups excluding carboxylic acids is 2. The van der Waals surface area contributed by atoms with Crippen LogP contribution in [0.25, 0.3) is 5.70 Å². The van der Waals surface area contributed by atoms with E-state index in [0.717, 1.165) is 17.1 Å². The molecule has 2 amide bonds. The van der Waals surface area contributed by atoms with Crippen LogP contribution in [0.3, 0.4) is 0 Å². The molecule has 3 rings (SSSR count). The van der Waals surface area contributed by atoms with Crippen LogP contribution in [0.15, 0.2) is 55.1 Å². The molecule has 0 radical (unpaired) electrons. The van der Waals surface area contributed by atoms with E-state index in [1.165, 1.54) is 16.0 Å². The third-order valence-corrected chi connectivity index (χ3v) is 5.71. The average molecular weight is 381 g/mol. The second-order valence-electron chi connectivity index (χ2n) is 6.67. The van der Waals surface area contributed by atoms with Crippen molar-refractivity contribution >= 4 is 29.3 Å². The summed E-state index contributed by atoms with van der Waals surface area (Å²) in [5.41, 5.74) is 4.53. The first kappa shape index (κ1) is 19.2. The quantitative estimate of drug-likeness (QED) is 0.742. The van der Waals surface area contributed by atoms with E-state index in [1.54, 1.807) is 24.8 Å². The average Bonchev–Trinajstić information content (AvgIpc) is 2.93. The van der Waals surface area contributed by atoms with Gasteiger partial charge in [-0.1, -0.05) is 54.6 Å². The summed E-state index contributed by atoms with van der Waals surface area (Å²) in [7, 11) is 0. The van der Waals surface area contributed by atoms with Crippen LogP contribution in [-0.4, -0.2) is 35.1 Å². The topological polar surface area (TPSA) is 49.4 Å². The second kappa shape index (κ2) is 8.44. The van der Waals surface area contributed by atoms with Crippen LogP contribution in [-0.2, 0) is 10.5 Å². The van der Waals surface area contributed by atoms with E-state index in [2.05, 4.69) is 43.1 Å². The molecule has 1 aliphatic rings. The van der Waals surface area contributed by atoms with Crippen molar-refractivity contribution in [3.05, 3.63) is 77.4 Å². The van der Waals surface area contributed by atoms with Gasteiger partial charge in [-0.15, -0.1) is 0 Å². The van der Waals surface area contributed by atoms with Gasteiger partial charge in [-0.2, -0.15) is 11.8 Å². The molecule has 0 saturated heterocycles. The first-order valence-electron chi connectivity index (χ1n) is 9.02. The van der Waals surface area contributed by atoms with Crippen LogP contribution in [0, 0.1) is 6.92 Å². The molecular formula is C22H24N2O2S. The van der Waals surface area contributed by atoms with Gasteiger partial charge in [0, 0.05) is 34.9 Å². The third-order valence-electron chi connectivity index (χ3n) is 4.68. The molecule has 1 N–H and O–H groups in total. The highest BCUT2D eigenvalue weighted by Gasteiger charge is 2.36. The summed E-state index contributed by atoms with van der Waals surface area (Å²) in [5.74, 6) is 1.42. The number of hydrogen-bond acceptors (Lipinski definition) is 3. The predicted molar refractivity (Wildman–Crippen MR) is 111 cm³/mol. The van der Waals surface area contributed by atoms with Gasteiger partial charge in [0.15, 0.2) is 0 Å². The molecule has 0 aliphatic carbocycles. The van der Waals surface area contributed by atoms with Crippen molar-refractivity contribution in [1.29, 1.82) is 0 Å². The lowest BCUT2D eigenvalue weighted by atomic mass is 10.1. The van der Waals surface area contributed by atoms with Crippen molar-refractivity contribution in [3.8, 4) is 0 Å². The molecule has 4 nitrogen and oxygen atoms in total. The minimum absolute atomic E-state index is 0.159. The smallest absolute Gasteiger partial charge is 0.259 e. The van der Waals surface area contributed by atoms with Crippen LogP contribution >= 0.6 is 11.8 Å². The van der Waals surface area contributed by atoms with Crippen molar-refractivity contribution < 1.29 is 9.59 Å². The lowest BCUT2D eigenvalue weighted by Crippen LogP contribution is -2.45. The van der Waals surface area contributed by atoms with E-state index >= 15 is 0 Å². The van der Waals surface area contributed by atoms with Crippen molar-refractivity contribution in [2.45, 2.75) is 25.6 Å². The molecule has 1 heterocycles. The van der Waals surface area contributed by atoms with E-state index in [9.17, 15) is 9.59 Å². The molecule has 2 aromatic rings. The second-order valence-corrected chi connectivity index (χ2v) is 7.78. The molecule has 27 heavy (non-hydrogen) atoms. The van der Waals surface area contributed by atoms with Gasteiger partial charge >= 0.3 is 0 Å². The Hall–Kier alpha value is -2.53. The molecule has 0 fully saturated rings. The molecule has 140 valence electrons. The number of hydrogen-bond donors (Lipinski definition) is 1. The standard InChI is InChI=1S/C22H24N2O2S/c1-15-8-10-18(11-9-15)14-27-13-12-23-21(25)17(3)24-16(2)19-6-4-5-7-20(19)22(24)26/h4-11,17H,2,12-14H2,1,3H3,(H,23,25). The molecule has 2 aromatic carbocycles. The normalized spacial score (nSPS) is 14.2. The van der Waals surface area contributed by atoms with Crippen LogP contribution in [0.4, 0.5) is 0 Å². The van der Waals surface area contributed by atoms with E-state index in [4.69, 9.17) is 0 Å². The highest BCUT2D eigenvalue weighted by Crippen LogP contribution is 2.32. The van der Waals surface area contributed by atoms with Crippen molar-refractivity contribution in [1.82, 2.24) is 10.2 Å². The van der Waals surface area contributed by atoms with Gasteiger partial charge in [0.25, 0.3) is 5.91 Å². The molecule has 1 unspecified atom stereocenters. The fraction of sp³-hybridized carbons (Fsp3) is 0.273. The monoisotopic (exact) mass is 380 g/mol. The molecule has 0 bridgehead atoms. The van der Waals surface area contributed by atoms with Gasteiger partial charge < -0.3 is 5.32 Å². The maximum atomic E-state index is 12.6. The number of thioether (sulfide) groups is 1. The van der Waals surface area contributed by atoms with E-state index in [1.807, 2.05) is 18.2 Å². The Labute approximate surface area is 164 Å². The highest BCUT2D eigenvalue weighted by atomic mass is 32.2. The van der Waals surface area contributed by atoms with E-state index in [0.29, 0.717) is 17.8 Å². The highest BCUT2D eigenvalue weighted by molar-refractivity contribution is 7.98. The first-order valence-corrected chi connectivity index (χ1v) is 10.2. The lowest BCUT2D eigenvalue weighted by Gasteiger charge is -2.24. The van der Waals surface area contributed by atoms with Gasteiger partial charge in [-0.25, -0.2) is 0 Å². The molecular weight excluding hydrogens is 356 g/mol. The Morgan fingerprint density at radius 1 is 1.15 bits per heavy atom. The van der Waals surface area contributed by atoms with Crippen LogP contribution < -0.4 is 5.32 Å². The fourth-order valence-corrected chi connectivity index (χ4v) is 3.92. The summed E-state index contributed by atoms with van der Waals surface area (Å²) in [4.78, 5) is 26.6. The van der Waals surface area contributed by atoms with E-state index < -0.39 is 6.04 Å². The maximum Gasteiger partial charge on any atom is 0.259 e. The maximum absolute atomic E-state index is 12.6. The number of benzene rings is 2. The summed E-state index contributed by atoms with van der Waals surface area (Å²) < 4.78 is 0. The first-order chi connectivity index (χ1) is 13.0. The van der Waals surface area contributed by atoms with Crippen molar-refractivity contribution in [2.24, 2.45) is 0 Å². The Bertz CT molecular complexity index is 826. The Kier molecular flexibility index (Phi) is 6.01. The molecule has 5 heteroatoms. The summed E-state index contributed by atoms with van der Waals surface area (Å²) >= 11 is 1.78. The number of amides is 2. The van der Waals surface area contributed by atoms with Crippen LogP contribution in [0.2, 0.25) is 0 Å². The van der Waals surface area contributed by atoms with Crippen LogP contribution in [0.5, 0.6) is 0 Å². The van der Waals surface area contributed by atoms with Crippen molar-refractivity contribution in [3.63, 3.8) is 0 Å². The largest absolute Gasteiger partial charge is 0.353 e. The molecule has 1 atom stereocenters. The van der Waals surface area contributed by atoms with Gasteiger partial charge in [-0.05, 0) is 25.5 Å². The number of fused-ring (bicyclic) bond motifs is 1. The number of carbonyl (C=O) groups is 2. The summed E-state index contributed by atoms with van der Waals surface area (Å²) in [5, 5.41) is 2.93. The fourth-order valence-electron chi connectivity index (χ4n) is 3.10. The molecule has 0 spiro atoms. The predicted octanol–water partition coefficient (Wildman–Crippen LogP) is 3.86. The minimum atomic E-state index is -0.584. The van der Waals surface area contributed by atoms with E-state index in [-0.39, 0.29) is 11.8 Å². The zero-order valence-corrected chi connectivity index (χ0v) is 16.5. The number of aryl methyl sites for hydroxylation is 1. The molecule has 1 aliphatic heterocycles. The Balaban J connectivity index is 1.46. The minimum Gasteiger partial charge on any atom is -0.353 e. The summed E-state index contributed by atoms with van der Waals surface area (Å²) in [6.07, 6.45) is 0. The number of nitrogens with zero attached hydrogens (tertiary/aromatic N) is 1. The molecule has 0 aromatic heterocycles.